The summed E-state index contributed by atoms with van der Waals surface area (Å²) in [5, 5.41) is 4.27. The van der Waals surface area contributed by atoms with E-state index in [-0.39, 0.29) is 5.78 Å². The van der Waals surface area contributed by atoms with E-state index < -0.39 is 11.9 Å². The summed E-state index contributed by atoms with van der Waals surface area (Å²) in [6.45, 7) is 0.754. The molecule has 5 nitrogen and oxygen atoms in total. The summed E-state index contributed by atoms with van der Waals surface area (Å²) in [4.78, 5) is 9.12. The first kappa shape index (κ1) is 14.1. The standard InChI is InChI=1S/C10H12F3N5S/c1-17(2)3-4-19-8-5-7(10(11,12)13)16-9-14-6-15-18(8)9/h5-6H,3-4H2,1-2H3. The third-order valence-electron chi connectivity index (χ3n) is 2.30. The summed E-state index contributed by atoms with van der Waals surface area (Å²) in [7, 11) is 3.80. The van der Waals surface area contributed by atoms with Gasteiger partial charge in [-0.15, -0.1) is 11.8 Å². The molecular formula is C10H12F3N5S. The zero-order chi connectivity index (χ0) is 14.0. The van der Waals surface area contributed by atoms with Crippen molar-refractivity contribution in [1.29, 1.82) is 0 Å². The zero-order valence-corrected chi connectivity index (χ0v) is 11.2. The maximum atomic E-state index is 12.7. The van der Waals surface area contributed by atoms with Crippen molar-refractivity contribution in [2.75, 3.05) is 26.4 Å². The van der Waals surface area contributed by atoms with Crippen LogP contribution in [-0.4, -0.2) is 50.9 Å². The van der Waals surface area contributed by atoms with E-state index in [2.05, 4.69) is 15.1 Å². The zero-order valence-electron chi connectivity index (χ0n) is 10.3. The van der Waals surface area contributed by atoms with Crippen LogP contribution in [-0.2, 0) is 6.18 Å². The maximum Gasteiger partial charge on any atom is 0.433 e. The van der Waals surface area contributed by atoms with Crippen LogP contribution in [0.4, 0.5) is 13.2 Å². The minimum Gasteiger partial charge on any atom is -0.309 e. The van der Waals surface area contributed by atoms with Crippen LogP contribution in [0.15, 0.2) is 17.4 Å². The highest BCUT2D eigenvalue weighted by molar-refractivity contribution is 7.99. The number of halogens is 3. The molecule has 19 heavy (non-hydrogen) atoms. The van der Waals surface area contributed by atoms with Gasteiger partial charge >= 0.3 is 6.18 Å². The van der Waals surface area contributed by atoms with Crippen LogP contribution in [0.2, 0.25) is 0 Å². The van der Waals surface area contributed by atoms with Crippen molar-refractivity contribution in [2.45, 2.75) is 11.2 Å². The van der Waals surface area contributed by atoms with E-state index in [0.717, 1.165) is 12.6 Å². The van der Waals surface area contributed by atoms with Gasteiger partial charge in [-0.05, 0) is 14.1 Å². The van der Waals surface area contributed by atoms with Crippen LogP contribution in [0.3, 0.4) is 0 Å². The molecule has 0 radical (unpaired) electrons. The minimum absolute atomic E-state index is 0.0396. The van der Waals surface area contributed by atoms with Gasteiger partial charge < -0.3 is 4.90 Å². The Morgan fingerprint density at radius 1 is 1.37 bits per heavy atom. The molecular weight excluding hydrogens is 279 g/mol. The molecule has 104 valence electrons. The molecule has 2 rings (SSSR count). The molecule has 0 bridgehead atoms. The van der Waals surface area contributed by atoms with Crippen LogP contribution < -0.4 is 0 Å². The molecule has 0 saturated carbocycles. The number of fused-ring (bicyclic) bond motifs is 1. The maximum absolute atomic E-state index is 12.7. The van der Waals surface area contributed by atoms with Gasteiger partial charge in [0.05, 0.1) is 0 Å². The van der Waals surface area contributed by atoms with Gasteiger partial charge in [-0.2, -0.15) is 27.8 Å². The first-order chi connectivity index (χ1) is 8.88. The number of thioether (sulfide) groups is 1. The van der Waals surface area contributed by atoms with Gasteiger partial charge in [0.25, 0.3) is 5.78 Å². The molecule has 2 aromatic rings. The highest BCUT2D eigenvalue weighted by Crippen LogP contribution is 2.30. The van der Waals surface area contributed by atoms with Crippen LogP contribution in [0.1, 0.15) is 5.69 Å². The molecule has 0 amide bonds. The Balaban J connectivity index is 2.32. The summed E-state index contributed by atoms with van der Waals surface area (Å²) < 4.78 is 39.5. The Labute approximate surface area is 111 Å². The van der Waals surface area contributed by atoms with E-state index in [1.165, 1.54) is 22.6 Å². The van der Waals surface area contributed by atoms with Gasteiger partial charge in [0.1, 0.15) is 11.4 Å². The third kappa shape index (κ3) is 3.35. The Kier molecular flexibility index (Phi) is 3.95. The lowest BCUT2D eigenvalue weighted by Crippen LogP contribution is -2.15. The van der Waals surface area contributed by atoms with Crippen molar-refractivity contribution in [3.05, 3.63) is 18.1 Å². The van der Waals surface area contributed by atoms with Crippen molar-refractivity contribution >= 4 is 17.5 Å². The summed E-state index contributed by atoms with van der Waals surface area (Å²) >= 11 is 1.29. The number of aromatic nitrogens is 4. The normalized spacial score (nSPS) is 12.5. The highest BCUT2D eigenvalue weighted by Gasteiger charge is 2.34. The quantitative estimate of drug-likeness (QED) is 0.635. The number of hydrogen-bond donors (Lipinski definition) is 0. The molecule has 2 heterocycles. The summed E-state index contributed by atoms with van der Waals surface area (Å²) in [6, 6.07) is 1.00. The van der Waals surface area contributed by atoms with Gasteiger partial charge in [0.15, 0.2) is 5.69 Å². The molecule has 0 aliphatic heterocycles. The lowest BCUT2D eigenvalue weighted by atomic mass is 10.4. The first-order valence-corrected chi connectivity index (χ1v) is 6.42. The van der Waals surface area contributed by atoms with Gasteiger partial charge in [-0.3, -0.25) is 0 Å². The van der Waals surface area contributed by atoms with Gasteiger partial charge in [-0.25, -0.2) is 4.98 Å². The Morgan fingerprint density at radius 3 is 2.74 bits per heavy atom. The number of rotatable bonds is 4. The average Bonchev–Trinajstić information content (AvgIpc) is 2.75. The number of alkyl halides is 3. The van der Waals surface area contributed by atoms with Crippen molar-refractivity contribution in [3.63, 3.8) is 0 Å². The Hall–Kier alpha value is -1.35. The van der Waals surface area contributed by atoms with Crippen molar-refractivity contribution in [3.8, 4) is 0 Å². The molecule has 0 N–H and O–H groups in total. The van der Waals surface area contributed by atoms with E-state index in [1.54, 1.807) is 0 Å². The molecule has 9 heteroatoms. The van der Waals surface area contributed by atoms with Crippen LogP contribution in [0, 0.1) is 0 Å². The lowest BCUT2D eigenvalue weighted by molar-refractivity contribution is -0.141. The molecule has 0 atom stereocenters. The fraction of sp³-hybridized carbons (Fsp3) is 0.500. The molecule has 0 aliphatic rings. The van der Waals surface area contributed by atoms with Crippen LogP contribution >= 0.6 is 11.8 Å². The molecule has 0 fully saturated rings. The second-order valence-electron chi connectivity index (χ2n) is 4.10. The second-order valence-corrected chi connectivity index (χ2v) is 5.22. The number of nitrogens with zero attached hydrogens (tertiary/aromatic N) is 5. The SMILES string of the molecule is CN(C)CCSc1cc(C(F)(F)F)nc2ncnn12. The van der Waals surface area contributed by atoms with Crippen LogP contribution in [0.5, 0.6) is 0 Å². The Morgan fingerprint density at radius 2 is 2.11 bits per heavy atom. The molecule has 0 unspecified atom stereocenters. The minimum atomic E-state index is -4.48. The summed E-state index contributed by atoms with van der Waals surface area (Å²) in [6.07, 6.45) is -3.29. The predicted molar refractivity (Wildman–Crippen MR) is 65.1 cm³/mol. The van der Waals surface area contributed by atoms with E-state index in [0.29, 0.717) is 10.8 Å². The molecule has 0 aliphatic carbocycles. The number of hydrogen-bond acceptors (Lipinski definition) is 5. The predicted octanol–water partition coefficient (Wildman–Crippen LogP) is 1.80. The van der Waals surface area contributed by atoms with Gasteiger partial charge in [-0.1, -0.05) is 0 Å². The fourth-order valence-electron chi connectivity index (χ4n) is 1.37. The molecule has 0 saturated heterocycles. The molecule has 2 aromatic heterocycles. The van der Waals surface area contributed by atoms with E-state index in [9.17, 15) is 13.2 Å². The van der Waals surface area contributed by atoms with Gasteiger partial charge in [0.2, 0.25) is 0 Å². The van der Waals surface area contributed by atoms with Crippen molar-refractivity contribution in [1.82, 2.24) is 24.5 Å². The van der Waals surface area contributed by atoms with Crippen molar-refractivity contribution < 1.29 is 13.2 Å². The van der Waals surface area contributed by atoms with Crippen molar-refractivity contribution in [2.24, 2.45) is 0 Å². The molecule has 0 spiro atoms. The summed E-state index contributed by atoms with van der Waals surface area (Å²) in [5.74, 6) is 0.616. The smallest absolute Gasteiger partial charge is 0.309 e. The van der Waals surface area contributed by atoms with E-state index in [4.69, 9.17) is 0 Å². The largest absolute Gasteiger partial charge is 0.433 e. The highest BCUT2D eigenvalue weighted by atomic mass is 32.2. The second kappa shape index (κ2) is 5.33. The Bertz CT molecular complexity index is 566. The average molecular weight is 291 g/mol. The third-order valence-corrected chi connectivity index (χ3v) is 3.27. The monoisotopic (exact) mass is 291 g/mol. The molecule has 0 aromatic carbocycles. The van der Waals surface area contributed by atoms with E-state index in [1.807, 2.05) is 19.0 Å². The summed E-state index contributed by atoms with van der Waals surface area (Å²) in [5.41, 5.74) is -0.944. The van der Waals surface area contributed by atoms with Gasteiger partial charge in [0, 0.05) is 18.4 Å². The lowest BCUT2D eigenvalue weighted by Gasteiger charge is -2.11. The topological polar surface area (TPSA) is 46.3 Å². The first-order valence-electron chi connectivity index (χ1n) is 5.43. The van der Waals surface area contributed by atoms with E-state index >= 15 is 0 Å². The van der Waals surface area contributed by atoms with Crippen LogP contribution in [0.25, 0.3) is 5.78 Å². The fourth-order valence-corrected chi connectivity index (χ4v) is 2.48.